The maximum absolute atomic E-state index is 13.0. The van der Waals surface area contributed by atoms with Gasteiger partial charge in [0, 0.05) is 5.69 Å². The average molecular weight is 436 g/mol. The fourth-order valence-electron chi connectivity index (χ4n) is 3.28. The van der Waals surface area contributed by atoms with Gasteiger partial charge in [0.25, 0.3) is 5.91 Å². The van der Waals surface area contributed by atoms with Gasteiger partial charge in [0.1, 0.15) is 23.2 Å². The van der Waals surface area contributed by atoms with Crippen LogP contribution in [0.5, 0.6) is 5.75 Å². The van der Waals surface area contributed by atoms with Gasteiger partial charge in [-0.15, -0.1) is 0 Å². The predicted octanol–water partition coefficient (Wildman–Crippen LogP) is 5.74. The minimum absolute atomic E-state index is 0.156. The Hall–Kier alpha value is -4.76. The summed E-state index contributed by atoms with van der Waals surface area (Å²) < 4.78 is 18.6. The summed E-state index contributed by atoms with van der Waals surface area (Å²) in [5, 5.41) is 13.7. The molecule has 0 aliphatic heterocycles. The number of carbonyl (C=O) groups excluding carboxylic acids is 2. The van der Waals surface area contributed by atoms with E-state index in [1.54, 1.807) is 36.4 Å². The molecule has 4 aromatic carbocycles. The molecule has 0 fully saturated rings. The van der Waals surface area contributed by atoms with Crippen LogP contribution in [0.25, 0.3) is 16.8 Å². The Balaban J connectivity index is 1.53. The van der Waals surface area contributed by atoms with E-state index in [0.29, 0.717) is 16.8 Å². The summed E-state index contributed by atoms with van der Waals surface area (Å²) in [6.07, 6.45) is 1.38. The Bertz CT molecular complexity index is 1410. The maximum atomic E-state index is 13.0. The number of halogens is 1. The van der Waals surface area contributed by atoms with Gasteiger partial charge in [-0.25, -0.2) is 9.18 Å². The molecule has 0 unspecified atom stereocenters. The molecule has 6 heteroatoms. The lowest BCUT2D eigenvalue weighted by Gasteiger charge is -2.08. The monoisotopic (exact) mass is 436 g/mol. The molecule has 0 spiro atoms. The molecule has 0 atom stereocenters. The summed E-state index contributed by atoms with van der Waals surface area (Å²) in [5.74, 6) is -1.30. The SMILES string of the molecule is N#C/C(=C\c1cccc(OC(=O)c2cccc3ccccc23)c1)C(=O)Nc1ccc(F)cc1. The molecule has 0 radical (unpaired) electrons. The highest BCUT2D eigenvalue weighted by Gasteiger charge is 2.13. The number of ether oxygens (including phenoxy) is 1. The second-order valence-electron chi connectivity index (χ2n) is 7.12. The number of esters is 1. The molecule has 1 N–H and O–H groups in total. The number of carbonyl (C=O) groups is 2. The van der Waals surface area contributed by atoms with Gasteiger partial charge in [0.2, 0.25) is 0 Å². The van der Waals surface area contributed by atoms with Gasteiger partial charge in [-0.1, -0.05) is 48.5 Å². The molecule has 4 aromatic rings. The predicted molar refractivity (Wildman–Crippen MR) is 124 cm³/mol. The summed E-state index contributed by atoms with van der Waals surface area (Å²) in [4.78, 5) is 25.2. The molecule has 0 heterocycles. The van der Waals surface area contributed by atoms with Crippen molar-refractivity contribution >= 4 is 34.4 Å². The number of nitriles is 1. The number of hydrogen-bond donors (Lipinski definition) is 1. The molecule has 0 saturated carbocycles. The quantitative estimate of drug-likeness (QED) is 0.187. The second-order valence-corrected chi connectivity index (χ2v) is 7.12. The number of fused-ring (bicyclic) bond motifs is 1. The maximum Gasteiger partial charge on any atom is 0.344 e. The summed E-state index contributed by atoms with van der Waals surface area (Å²) in [6, 6.07) is 26.5. The van der Waals surface area contributed by atoms with Gasteiger partial charge in [-0.05, 0) is 64.9 Å². The fraction of sp³-hybridized carbons (Fsp3) is 0. The molecule has 0 bridgehead atoms. The molecular formula is C27H17FN2O3. The topological polar surface area (TPSA) is 79.2 Å². The minimum atomic E-state index is -0.637. The van der Waals surface area contributed by atoms with Crippen molar-refractivity contribution in [1.29, 1.82) is 5.26 Å². The lowest BCUT2D eigenvalue weighted by molar-refractivity contribution is -0.112. The Labute approximate surface area is 189 Å². The van der Waals surface area contributed by atoms with Crippen LogP contribution >= 0.6 is 0 Å². The Morgan fingerprint density at radius 2 is 1.64 bits per heavy atom. The van der Waals surface area contributed by atoms with Crippen molar-refractivity contribution in [3.63, 3.8) is 0 Å². The molecule has 160 valence electrons. The highest BCUT2D eigenvalue weighted by atomic mass is 19.1. The number of benzene rings is 4. The number of nitrogens with one attached hydrogen (secondary N) is 1. The van der Waals surface area contributed by atoms with Crippen LogP contribution in [0.3, 0.4) is 0 Å². The van der Waals surface area contributed by atoms with E-state index in [4.69, 9.17) is 4.74 Å². The zero-order chi connectivity index (χ0) is 23.2. The molecule has 33 heavy (non-hydrogen) atoms. The normalized spacial score (nSPS) is 11.0. The van der Waals surface area contributed by atoms with E-state index in [2.05, 4.69) is 5.32 Å². The molecule has 5 nitrogen and oxygen atoms in total. The summed E-state index contributed by atoms with van der Waals surface area (Å²) >= 11 is 0. The molecule has 0 aromatic heterocycles. The number of anilines is 1. The standard InChI is InChI=1S/C27H17FN2O3/c28-21-11-13-22(14-12-21)30-26(31)20(17-29)15-18-5-3-8-23(16-18)33-27(32)25-10-4-7-19-6-1-2-9-24(19)25/h1-16H,(H,30,31)/b20-15+. The van der Waals surface area contributed by atoms with E-state index in [1.165, 1.54) is 30.3 Å². The van der Waals surface area contributed by atoms with Gasteiger partial charge < -0.3 is 10.1 Å². The van der Waals surface area contributed by atoms with Gasteiger partial charge in [0.05, 0.1) is 5.56 Å². The third-order valence-corrected chi connectivity index (χ3v) is 4.86. The first kappa shape index (κ1) is 21.5. The summed E-state index contributed by atoms with van der Waals surface area (Å²) in [5.41, 5.74) is 1.15. The molecule has 0 aliphatic carbocycles. The third-order valence-electron chi connectivity index (χ3n) is 4.86. The average Bonchev–Trinajstić information content (AvgIpc) is 2.83. The van der Waals surface area contributed by atoms with Crippen molar-refractivity contribution in [3.8, 4) is 11.8 Å². The Morgan fingerprint density at radius 3 is 2.42 bits per heavy atom. The molecular weight excluding hydrogens is 419 g/mol. The zero-order valence-electron chi connectivity index (χ0n) is 17.3. The number of hydrogen-bond acceptors (Lipinski definition) is 4. The molecule has 0 aliphatic rings. The van der Waals surface area contributed by atoms with Crippen LogP contribution in [0, 0.1) is 17.1 Å². The first-order chi connectivity index (χ1) is 16.0. The van der Waals surface area contributed by atoms with Crippen LogP contribution < -0.4 is 10.1 Å². The van der Waals surface area contributed by atoms with Crippen LogP contribution in [0.4, 0.5) is 10.1 Å². The van der Waals surface area contributed by atoms with E-state index < -0.39 is 17.7 Å². The van der Waals surface area contributed by atoms with Crippen molar-refractivity contribution in [2.75, 3.05) is 5.32 Å². The van der Waals surface area contributed by atoms with Crippen LogP contribution in [0.15, 0.2) is 96.6 Å². The molecule has 4 rings (SSSR count). The van der Waals surface area contributed by atoms with Crippen LogP contribution in [0.2, 0.25) is 0 Å². The van der Waals surface area contributed by atoms with Crippen molar-refractivity contribution in [3.05, 3.63) is 114 Å². The van der Waals surface area contributed by atoms with Crippen LogP contribution in [-0.4, -0.2) is 11.9 Å². The van der Waals surface area contributed by atoms with E-state index >= 15 is 0 Å². The third kappa shape index (κ3) is 5.12. The van der Waals surface area contributed by atoms with Crippen molar-refractivity contribution in [2.45, 2.75) is 0 Å². The highest BCUT2D eigenvalue weighted by Crippen LogP contribution is 2.22. The van der Waals surface area contributed by atoms with Gasteiger partial charge in [0.15, 0.2) is 0 Å². The zero-order valence-corrected chi connectivity index (χ0v) is 17.3. The van der Waals surface area contributed by atoms with E-state index in [-0.39, 0.29) is 11.3 Å². The van der Waals surface area contributed by atoms with Crippen molar-refractivity contribution in [2.24, 2.45) is 0 Å². The summed E-state index contributed by atoms with van der Waals surface area (Å²) in [6.45, 7) is 0. The van der Waals surface area contributed by atoms with E-state index in [9.17, 15) is 19.2 Å². The van der Waals surface area contributed by atoms with Gasteiger partial charge in [-0.3, -0.25) is 4.79 Å². The minimum Gasteiger partial charge on any atom is -0.423 e. The molecule has 0 saturated heterocycles. The number of rotatable bonds is 5. The highest BCUT2D eigenvalue weighted by molar-refractivity contribution is 6.09. The van der Waals surface area contributed by atoms with Crippen LogP contribution in [0.1, 0.15) is 15.9 Å². The lowest BCUT2D eigenvalue weighted by atomic mass is 10.0. The van der Waals surface area contributed by atoms with Gasteiger partial charge in [-0.2, -0.15) is 5.26 Å². The lowest BCUT2D eigenvalue weighted by Crippen LogP contribution is -2.13. The summed E-state index contributed by atoms with van der Waals surface area (Å²) in [7, 11) is 0. The van der Waals surface area contributed by atoms with Crippen LogP contribution in [-0.2, 0) is 4.79 Å². The Morgan fingerprint density at radius 1 is 0.909 bits per heavy atom. The number of nitrogens with zero attached hydrogens (tertiary/aromatic N) is 1. The Kier molecular flexibility index (Phi) is 6.24. The van der Waals surface area contributed by atoms with E-state index in [0.717, 1.165) is 10.8 Å². The van der Waals surface area contributed by atoms with Crippen molar-refractivity contribution < 1.29 is 18.7 Å². The smallest absolute Gasteiger partial charge is 0.344 e. The first-order valence-electron chi connectivity index (χ1n) is 10.0. The molecule has 1 amide bonds. The second kappa shape index (κ2) is 9.58. The fourth-order valence-corrected chi connectivity index (χ4v) is 3.28. The van der Waals surface area contributed by atoms with E-state index in [1.807, 2.05) is 36.4 Å². The first-order valence-corrected chi connectivity index (χ1v) is 10.0. The van der Waals surface area contributed by atoms with Crippen molar-refractivity contribution in [1.82, 2.24) is 0 Å². The van der Waals surface area contributed by atoms with Gasteiger partial charge >= 0.3 is 5.97 Å². The largest absolute Gasteiger partial charge is 0.423 e. The number of amides is 1.